The van der Waals surface area contributed by atoms with Gasteiger partial charge in [0.2, 0.25) is 0 Å². The summed E-state index contributed by atoms with van der Waals surface area (Å²) in [5, 5.41) is 3.09. The average Bonchev–Trinajstić information content (AvgIpc) is 3.13. The van der Waals surface area contributed by atoms with Gasteiger partial charge in [-0.3, -0.25) is 4.79 Å². The second-order valence-corrected chi connectivity index (χ2v) is 9.66. The zero-order valence-electron chi connectivity index (χ0n) is 17.7. The first kappa shape index (κ1) is 21.3. The van der Waals surface area contributed by atoms with Crippen LogP contribution in [0.2, 0.25) is 0 Å². The summed E-state index contributed by atoms with van der Waals surface area (Å²) >= 11 is 3.57. The van der Waals surface area contributed by atoms with Crippen LogP contribution in [0.15, 0.2) is 23.1 Å². The van der Waals surface area contributed by atoms with Gasteiger partial charge in [-0.25, -0.2) is 0 Å². The van der Waals surface area contributed by atoms with Gasteiger partial charge >= 0.3 is 0 Å². The van der Waals surface area contributed by atoms with Crippen LogP contribution in [0, 0.1) is 0 Å². The van der Waals surface area contributed by atoms with E-state index >= 15 is 0 Å². The first-order valence-corrected chi connectivity index (χ1v) is 12.6. The Kier molecular flexibility index (Phi) is 7.05. The van der Waals surface area contributed by atoms with Crippen molar-refractivity contribution < 1.29 is 14.3 Å². The first-order valence-electron chi connectivity index (χ1n) is 10.8. The van der Waals surface area contributed by atoms with Gasteiger partial charge in [-0.1, -0.05) is 6.07 Å². The number of thiophene rings is 1. The number of carbonyl (C=O) groups is 1. The van der Waals surface area contributed by atoms with Crippen molar-refractivity contribution in [1.82, 2.24) is 5.32 Å². The first-order chi connectivity index (χ1) is 14.7. The van der Waals surface area contributed by atoms with E-state index in [1.165, 1.54) is 36.1 Å². The Morgan fingerprint density at radius 2 is 1.87 bits per heavy atom. The van der Waals surface area contributed by atoms with Crippen molar-refractivity contribution in [1.29, 1.82) is 0 Å². The third-order valence-corrected chi connectivity index (χ3v) is 7.81. The molecule has 30 heavy (non-hydrogen) atoms. The van der Waals surface area contributed by atoms with E-state index in [9.17, 15) is 4.79 Å². The quantitative estimate of drug-likeness (QED) is 0.596. The fraction of sp³-hybridized carbons (Fsp3) is 0.458. The lowest BCUT2D eigenvalue weighted by atomic mass is 9.95. The van der Waals surface area contributed by atoms with Gasteiger partial charge < -0.3 is 14.8 Å². The normalized spacial score (nSPS) is 15.1. The molecule has 160 valence electrons. The van der Waals surface area contributed by atoms with E-state index in [1.807, 2.05) is 43.4 Å². The monoisotopic (exact) mass is 443 g/mol. The summed E-state index contributed by atoms with van der Waals surface area (Å²) in [4.78, 5) is 16.4. The molecule has 2 aromatic rings. The summed E-state index contributed by atoms with van der Waals surface area (Å²) in [6, 6.07) is 6.00. The molecule has 0 spiro atoms. The lowest BCUT2D eigenvalue weighted by Crippen LogP contribution is -2.26. The molecule has 4 nitrogen and oxygen atoms in total. The maximum atomic E-state index is 12.7. The molecule has 0 bridgehead atoms. The van der Waals surface area contributed by atoms with Crippen molar-refractivity contribution in [3.05, 3.63) is 49.5 Å². The smallest absolute Gasteiger partial charge is 0.257 e. The summed E-state index contributed by atoms with van der Waals surface area (Å²) in [6.45, 7) is 5.74. The molecule has 1 N–H and O–H groups in total. The molecule has 1 amide bonds. The SMILES string of the molecule is CCOc1ccc(CCNC(=O)C2=Cc3sc4c(c3CS2)CCCC4)cc1OCC. The summed E-state index contributed by atoms with van der Waals surface area (Å²) < 4.78 is 11.3. The van der Waals surface area contributed by atoms with Gasteiger partial charge in [0.15, 0.2) is 11.5 Å². The standard InChI is InChI=1S/C24H29NO3S2/c1-3-27-19-10-9-16(13-20(19)28-4-2)11-12-25-24(26)23-14-22-18(15-29-23)17-7-5-6-8-21(17)30-22/h9-10,13-14H,3-8,11-12,15H2,1-2H3,(H,25,26). The lowest BCUT2D eigenvalue weighted by Gasteiger charge is -2.16. The fourth-order valence-corrected chi connectivity index (χ4v) is 6.58. The number of thioether (sulfide) groups is 1. The number of ether oxygens (including phenoxy) is 2. The maximum absolute atomic E-state index is 12.7. The Balaban J connectivity index is 1.36. The highest BCUT2D eigenvalue weighted by Crippen LogP contribution is 2.42. The number of aryl methyl sites for hydroxylation is 1. The number of fused-ring (bicyclic) bond motifs is 3. The van der Waals surface area contributed by atoms with Crippen molar-refractivity contribution in [2.24, 2.45) is 0 Å². The molecular weight excluding hydrogens is 414 g/mol. The Hall–Kier alpha value is -1.92. The molecule has 0 atom stereocenters. The third kappa shape index (κ3) is 4.70. The fourth-order valence-electron chi connectivity index (χ4n) is 4.03. The second-order valence-electron chi connectivity index (χ2n) is 7.50. The van der Waals surface area contributed by atoms with E-state index in [0.717, 1.165) is 34.1 Å². The second kappa shape index (κ2) is 9.92. The highest BCUT2D eigenvalue weighted by Gasteiger charge is 2.24. The van der Waals surface area contributed by atoms with Crippen LogP contribution < -0.4 is 14.8 Å². The van der Waals surface area contributed by atoms with Crippen molar-refractivity contribution in [3.8, 4) is 11.5 Å². The molecule has 1 aromatic heterocycles. The van der Waals surface area contributed by atoms with Crippen LogP contribution in [0.3, 0.4) is 0 Å². The maximum Gasteiger partial charge on any atom is 0.257 e. The van der Waals surface area contributed by atoms with Gasteiger partial charge in [-0.15, -0.1) is 23.1 Å². The van der Waals surface area contributed by atoms with Gasteiger partial charge in [-0.2, -0.15) is 0 Å². The molecule has 6 heteroatoms. The minimum Gasteiger partial charge on any atom is -0.490 e. The molecule has 4 rings (SSSR count). The molecule has 2 heterocycles. The Labute approximate surface area is 187 Å². The average molecular weight is 444 g/mol. The predicted molar refractivity (Wildman–Crippen MR) is 126 cm³/mol. The minimum absolute atomic E-state index is 0.0352. The van der Waals surface area contributed by atoms with Gasteiger partial charge in [0.25, 0.3) is 5.91 Å². The van der Waals surface area contributed by atoms with Crippen LogP contribution in [0.5, 0.6) is 11.5 Å². The number of amides is 1. The van der Waals surface area contributed by atoms with E-state index in [2.05, 4.69) is 11.4 Å². The van der Waals surface area contributed by atoms with Crippen molar-refractivity contribution >= 4 is 35.1 Å². The van der Waals surface area contributed by atoms with E-state index in [-0.39, 0.29) is 5.91 Å². The molecule has 0 fully saturated rings. The van der Waals surface area contributed by atoms with Crippen LogP contribution in [0.1, 0.15) is 53.1 Å². The van der Waals surface area contributed by atoms with Crippen molar-refractivity contribution in [2.75, 3.05) is 19.8 Å². The molecule has 1 aliphatic carbocycles. The molecule has 0 radical (unpaired) electrons. The van der Waals surface area contributed by atoms with Crippen LogP contribution in [0.25, 0.3) is 6.08 Å². The van der Waals surface area contributed by atoms with Gasteiger partial charge in [0, 0.05) is 22.1 Å². The van der Waals surface area contributed by atoms with Crippen LogP contribution in [0.4, 0.5) is 0 Å². The minimum atomic E-state index is 0.0352. The van der Waals surface area contributed by atoms with Crippen molar-refractivity contribution in [2.45, 2.75) is 51.7 Å². The molecular formula is C24H29NO3S2. The Morgan fingerprint density at radius 3 is 2.70 bits per heavy atom. The summed E-state index contributed by atoms with van der Waals surface area (Å²) in [5.74, 6) is 2.50. The van der Waals surface area contributed by atoms with Crippen LogP contribution in [-0.4, -0.2) is 25.7 Å². The van der Waals surface area contributed by atoms with Crippen LogP contribution >= 0.6 is 23.1 Å². The lowest BCUT2D eigenvalue weighted by molar-refractivity contribution is -0.116. The molecule has 0 saturated heterocycles. The molecule has 1 aliphatic heterocycles. The van der Waals surface area contributed by atoms with Crippen molar-refractivity contribution in [3.63, 3.8) is 0 Å². The topological polar surface area (TPSA) is 47.6 Å². The largest absolute Gasteiger partial charge is 0.490 e. The number of rotatable bonds is 8. The van der Waals surface area contributed by atoms with E-state index < -0.39 is 0 Å². The molecule has 0 unspecified atom stereocenters. The van der Waals surface area contributed by atoms with E-state index in [0.29, 0.717) is 19.8 Å². The zero-order valence-corrected chi connectivity index (χ0v) is 19.3. The van der Waals surface area contributed by atoms with Crippen LogP contribution in [-0.2, 0) is 29.8 Å². The summed E-state index contributed by atoms with van der Waals surface area (Å²) in [5.41, 5.74) is 4.18. The Morgan fingerprint density at radius 1 is 1.07 bits per heavy atom. The zero-order chi connectivity index (χ0) is 20.9. The molecule has 1 aromatic carbocycles. The van der Waals surface area contributed by atoms with Gasteiger partial charge in [0.1, 0.15) is 0 Å². The highest BCUT2D eigenvalue weighted by atomic mass is 32.2. The van der Waals surface area contributed by atoms with Gasteiger partial charge in [-0.05, 0) is 80.9 Å². The number of carbonyl (C=O) groups excluding carboxylic acids is 1. The molecule has 2 aliphatic rings. The Bertz CT molecular complexity index is 948. The highest BCUT2D eigenvalue weighted by molar-refractivity contribution is 8.03. The molecule has 0 saturated carbocycles. The number of benzene rings is 1. The summed E-state index contributed by atoms with van der Waals surface area (Å²) in [7, 11) is 0. The number of nitrogens with one attached hydrogen (secondary N) is 1. The summed E-state index contributed by atoms with van der Waals surface area (Å²) in [6.07, 6.45) is 7.88. The predicted octanol–water partition coefficient (Wildman–Crippen LogP) is 5.37. The third-order valence-electron chi connectivity index (χ3n) is 5.48. The van der Waals surface area contributed by atoms with E-state index in [4.69, 9.17) is 9.47 Å². The number of hydrogen-bond donors (Lipinski definition) is 1. The van der Waals surface area contributed by atoms with Gasteiger partial charge in [0.05, 0.1) is 18.1 Å². The number of hydrogen-bond acceptors (Lipinski definition) is 5. The van der Waals surface area contributed by atoms with E-state index in [1.54, 1.807) is 22.2 Å².